The normalized spacial score (nSPS) is 32.0. The summed E-state index contributed by atoms with van der Waals surface area (Å²) in [6, 6.07) is 5.97. The molecule has 0 bridgehead atoms. The molecule has 0 aromatic carbocycles. The first-order valence-corrected chi connectivity index (χ1v) is 9.92. The van der Waals surface area contributed by atoms with Gasteiger partial charge in [-0.25, -0.2) is 4.52 Å². The minimum atomic E-state index is -0.309. The van der Waals surface area contributed by atoms with Gasteiger partial charge in [0.1, 0.15) is 0 Å². The van der Waals surface area contributed by atoms with E-state index < -0.39 is 0 Å². The molecule has 3 aliphatic rings. The van der Waals surface area contributed by atoms with Crippen LogP contribution in [0.5, 0.6) is 0 Å². The highest BCUT2D eigenvalue weighted by atomic mass is 16.5. The first-order valence-electron chi connectivity index (χ1n) is 9.92. The molecule has 1 amide bonds. The third-order valence-electron chi connectivity index (χ3n) is 6.57. The lowest BCUT2D eigenvalue weighted by molar-refractivity contribution is -0.0520. The van der Waals surface area contributed by atoms with Gasteiger partial charge in [0.2, 0.25) is 0 Å². The van der Waals surface area contributed by atoms with Crippen molar-refractivity contribution in [2.75, 3.05) is 39.4 Å². The topological polar surface area (TPSA) is 70.3 Å². The standard InChI is InChI=1S/C20H26N4O3/c25-19-10-15-13-23(12-14(15)9-18(19)22-5-7-27-8-6-22)20(26)16-11-21-24-4-2-1-3-17(16)24/h1-4,11,14-15,18-19,25H,5-10,12-13H2/t14-,15+,18-,19-/m1/s1. The molecule has 27 heavy (non-hydrogen) atoms. The third-order valence-corrected chi connectivity index (χ3v) is 6.57. The number of carbonyl (C=O) groups is 1. The molecule has 2 aliphatic heterocycles. The molecule has 2 saturated heterocycles. The van der Waals surface area contributed by atoms with E-state index in [0.29, 0.717) is 17.4 Å². The first kappa shape index (κ1) is 17.2. The molecule has 3 fully saturated rings. The summed E-state index contributed by atoms with van der Waals surface area (Å²) in [4.78, 5) is 17.5. The molecule has 7 heteroatoms. The van der Waals surface area contributed by atoms with Crippen LogP contribution in [-0.2, 0) is 4.74 Å². The van der Waals surface area contributed by atoms with E-state index in [9.17, 15) is 9.90 Å². The molecule has 0 unspecified atom stereocenters. The van der Waals surface area contributed by atoms with Gasteiger partial charge in [-0.1, -0.05) is 6.07 Å². The largest absolute Gasteiger partial charge is 0.391 e. The SMILES string of the molecule is O=C(c1cnn2ccccc12)N1C[C@H]2C[C@@H](N3CCOCC3)[C@H](O)C[C@H]2C1. The van der Waals surface area contributed by atoms with Crippen molar-refractivity contribution in [2.45, 2.75) is 25.0 Å². The Morgan fingerprint density at radius 3 is 2.74 bits per heavy atom. The van der Waals surface area contributed by atoms with Gasteiger partial charge >= 0.3 is 0 Å². The summed E-state index contributed by atoms with van der Waals surface area (Å²) >= 11 is 0. The third kappa shape index (κ3) is 3.03. The molecule has 144 valence electrons. The molecule has 4 atom stereocenters. The van der Waals surface area contributed by atoms with Crippen LogP contribution >= 0.6 is 0 Å². The van der Waals surface area contributed by atoms with Crippen molar-refractivity contribution in [3.05, 3.63) is 36.2 Å². The lowest BCUT2D eigenvalue weighted by Crippen LogP contribution is -2.53. The zero-order chi connectivity index (χ0) is 18.4. The number of aliphatic hydroxyl groups excluding tert-OH is 1. The molecular weight excluding hydrogens is 344 g/mol. The van der Waals surface area contributed by atoms with Gasteiger partial charge in [0.15, 0.2) is 0 Å². The number of pyridine rings is 1. The second-order valence-electron chi connectivity index (χ2n) is 8.07. The van der Waals surface area contributed by atoms with E-state index in [-0.39, 0.29) is 18.1 Å². The Kier molecular flexibility index (Phi) is 4.38. The number of nitrogens with zero attached hydrogens (tertiary/aromatic N) is 4. The zero-order valence-electron chi connectivity index (χ0n) is 15.4. The van der Waals surface area contributed by atoms with Crippen LogP contribution in [0.25, 0.3) is 5.52 Å². The Hall–Kier alpha value is -1.96. The highest BCUT2D eigenvalue weighted by molar-refractivity contribution is 6.00. The predicted octanol–water partition coefficient (Wildman–Crippen LogP) is 0.878. The number of aromatic nitrogens is 2. The lowest BCUT2D eigenvalue weighted by Gasteiger charge is -2.43. The van der Waals surface area contributed by atoms with E-state index in [1.165, 1.54) is 0 Å². The number of morpholine rings is 1. The van der Waals surface area contributed by atoms with E-state index in [1.54, 1.807) is 10.7 Å². The number of carbonyl (C=O) groups excluding carboxylic acids is 1. The highest BCUT2D eigenvalue weighted by Gasteiger charge is 2.45. The molecule has 0 spiro atoms. The van der Waals surface area contributed by atoms with Crippen LogP contribution in [0.15, 0.2) is 30.6 Å². The fourth-order valence-corrected chi connectivity index (χ4v) is 5.14. The molecule has 7 nitrogen and oxygen atoms in total. The zero-order valence-corrected chi connectivity index (χ0v) is 15.4. The van der Waals surface area contributed by atoms with Crippen LogP contribution in [0.1, 0.15) is 23.2 Å². The Morgan fingerprint density at radius 2 is 1.93 bits per heavy atom. The van der Waals surface area contributed by atoms with Crippen molar-refractivity contribution in [2.24, 2.45) is 11.8 Å². The van der Waals surface area contributed by atoms with Crippen LogP contribution in [0.3, 0.4) is 0 Å². The van der Waals surface area contributed by atoms with Gasteiger partial charge in [-0.3, -0.25) is 9.69 Å². The van der Waals surface area contributed by atoms with E-state index in [1.807, 2.05) is 29.3 Å². The van der Waals surface area contributed by atoms with Gasteiger partial charge in [0.25, 0.3) is 5.91 Å². The van der Waals surface area contributed by atoms with Gasteiger partial charge in [-0.15, -0.1) is 0 Å². The minimum Gasteiger partial charge on any atom is -0.391 e. The van der Waals surface area contributed by atoms with E-state index >= 15 is 0 Å². The average molecular weight is 370 g/mol. The molecule has 1 aliphatic carbocycles. The van der Waals surface area contributed by atoms with Crippen molar-refractivity contribution in [3.8, 4) is 0 Å². The van der Waals surface area contributed by atoms with E-state index in [2.05, 4.69) is 10.00 Å². The summed E-state index contributed by atoms with van der Waals surface area (Å²) < 4.78 is 7.20. The molecular formula is C20H26N4O3. The van der Waals surface area contributed by atoms with Crippen molar-refractivity contribution in [1.82, 2.24) is 19.4 Å². The second kappa shape index (κ2) is 6.89. The highest BCUT2D eigenvalue weighted by Crippen LogP contribution is 2.39. The molecule has 1 saturated carbocycles. The van der Waals surface area contributed by atoms with Gasteiger partial charge in [0.05, 0.1) is 36.6 Å². The number of likely N-dealkylation sites (tertiary alicyclic amines) is 1. The smallest absolute Gasteiger partial charge is 0.257 e. The Labute approximate surface area is 158 Å². The summed E-state index contributed by atoms with van der Waals surface area (Å²) in [5, 5.41) is 15.0. The molecule has 0 radical (unpaired) electrons. The average Bonchev–Trinajstić information content (AvgIpc) is 3.31. The Balaban J connectivity index is 1.31. The number of fused-ring (bicyclic) bond motifs is 2. The first-order chi connectivity index (χ1) is 13.2. The number of hydrogen-bond acceptors (Lipinski definition) is 5. The predicted molar refractivity (Wildman–Crippen MR) is 99.5 cm³/mol. The number of aliphatic hydroxyl groups is 1. The number of rotatable bonds is 2. The van der Waals surface area contributed by atoms with Crippen molar-refractivity contribution < 1.29 is 14.6 Å². The molecule has 2 aromatic heterocycles. The van der Waals surface area contributed by atoms with Crippen molar-refractivity contribution in [3.63, 3.8) is 0 Å². The fraction of sp³-hybridized carbons (Fsp3) is 0.600. The monoisotopic (exact) mass is 370 g/mol. The van der Waals surface area contributed by atoms with Gasteiger partial charge in [-0.2, -0.15) is 5.10 Å². The molecule has 2 aromatic rings. The maximum absolute atomic E-state index is 13.1. The van der Waals surface area contributed by atoms with Crippen LogP contribution in [0.2, 0.25) is 0 Å². The Bertz CT molecular complexity index is 831. The lowest BCUT2D eigenvalue weighted by atomic mass is 9.77. The van der Waals surface area contributed by atoms with Gasteiger partial charge in [0, 0.05) is 38.4 Å². The van der Waals surface area contributed by atoms with Crippen molar-refractivity contribution in [1.29, 1.82) is 0 Å². The number of ether oxygens (including phenoxy) is 1. The van der Waals surface area contributed by atoms with E-state index in [4.69, 9.17) is 4.74 Å². The molecule has 5 rings (SSSR count). The second-order valence-corrected chi connectivity index (χ2v) is 8.07. The Morgan fingerprint density at radius 1 is 1.15 bits per heavy atom. The summed E-state index contributed by atoms with van der Waals surface area (Å²) in [5.74, 6) is 0.915. The number of amides is 1. The van der Waals surface area contributed by atoms with Crippen LogP contribution in [-0.4, -0.2) is 82.0 Å². The summed E-state index contributed by atoms with van der Waals surface area (Å²) in [6.45, 7) is 4.80. The van der Waals surface area contributed by atoms with Gasteiger partial charge in [-0.05, 0) is 36.8 Å². The minimum absolute atomic E-state index is 0.0583. The summed E-state index contributed by atoms with van der Waals surface area (Å²) in [6.07, 6.45) is 4.97. The van der Waals surface area contributed by atoms with Crippen LogP contribution in [0.4, 0.5) is 0 Å². The maximum atomic E-state index is 13.1. The molecule has 4 heterocycles. The van der Waals surface area contributed by atoms with Crippen LogP contribution < -0.4 is 0 Å². The summed E-state index contributed by atoms with van der Waals surface area (Å²) in [5.41, 5.74) is 1.52. The quantitative estimate of drug-likeness (QED) is 0.850. The van der Waals surface area contributed by atoms with Crippen LogP contribution in [0, 0.1) is 11.8 Å². The maximum Gasteiger partial charge on any atom is 0.257 e. The fourth-order valence-electron chi connectivity index (χ4n) is 5.14. The summed E-state index contributed by atoms with van der Waals surface area (Å²) in [7, 11) is 0. The van der Waals surface area contributed by atoms with Crippen molar-refractivity contribution >= 4 is 11.4 Å². The molecule has 1 N–H and O–H groups in total. The van der Waals surface area contributed by atoms with E-state index in [0.717, 1.165) is 57.8 Å². The van der Waals surface area contributed by atoms with Gasteiger partial charge < -0.3 is 14.7 Å². The number of hydrogen-bond donors (Lipinski definition) is 1.